The molecule has 0 spiro atoms. The quantitative estimate of drug-likeness (QED) is 0.764. The standard InChI is InChI=1S/C14H26N6/c1-11-15-16-17-20(11)8-4-7-19-9-13(12-5-6-12)14(10-19)18(2)3/h12-14H,4-10H2,1-3H3. The number of likely N-dealkylation sites (N-methyl/N-ethyl adjacent to an activating group) is 1. The topological polar surface area (TPSA) is 50.1 Å². The minimum absolute atomic E-state index is 0.747. The first-order chi connectivity index (χ1) is 9.65. The number of nitrogens with zero attached hydrogens (tertiary/aromatic N) is 6. The van der Waals surface area contributed by atoms with Gasteiger partial charge < -0.3 is 9.80 Å². The van der Waals surface area contributed by atoms with Crippen LogP contribution in [0, 0.1) is 18.8 Å². The summed E-state index contributed by atoms with van der Waals surface area (Å²) in [5.74, 6) is 2.79. The Hall–Kier alpha value is -1.01. The van der Waals surface area contributed by atoms with Crippen LogP contribution in [-0.4, -0.2) is 69.8 Å². The lowest BCUT2D eigenvalue weighted by atomic mass is 9.97. The molecule has 1 saturated heterocycles. The van der Waals surface area contributed by atoms with Crippen molar-refractivity contribution in [2.24, 2.45) is 11.8 Å². The summed E-state index contributed by atoms with van der Waals surface area (Å²) in [5, 5.41) is 11.6. The second kappa shape index (κ2) is 5.77. The number of rotatable bonds is 6. The third-order valence-electron chi connectivity index (χ3n) is 4.85. The number of likely N-dealkylation sites (tertiary alicyclic amines) is 1. The Morgan fingerprint density at radius 1 is 1.20 bits per heavy atom. The van der Waals surface area contributed by atoms with Gasteiger partial charge in [-0.05, 0) is 69.1 Å². The highest BCUT2D eigenvalue weighted by Crippen LogP contribution is 2.42. The molecule has 6 heteroatoms. The molecule has 0 bridgehead atoms. The van der Waals surface area contributed by atoms with Crippen LogP contribution in [0.5, 0.6) is 0 Å². The van der Waals surface area contributed by atoms with Crippen molar-refractivity contribution in [2.45, 2.75) is 38.8 Å². The average molecular weight is 278 g/mol. The molecule has 2 aliphatic rings. The smallest absolute Gasteiger partial charge is 0.148 e. The minimum Gasteiger partial charge on any atom is -0.305 e. The van der Waals surface area contributed by atoms with E-state index in [1.807, 2.05) is 11.6 Å². The third-order valence-corrected chi connectivity index (χ3v) is 4.85. The molecule has 0 aromatic carbocycles. The van der Waals surface area contributed by atoms with E-state index in [1.165, 1.54) is 25.9 Å². The number of aromatic nitrogens is 4. The SMILES string of the molecule is Cc1nnnn1CCCN1CC(C2CC2)C(N(C)C)C1. The van der Waals surface area contributed by atoms with Crippen LogP contribution < -0.4 is 0 Å². The van der Waals surface area contributed by atoms with Crippen LogP contribution in [0.25, 0.3) is 0 Å². The summed E-state index contributed by atoms with van der Waals surface area (Å²) >= 11 is 0. The first kappa shape index (κ1) is 13.9. The predicted octanol–water partition coefficient (Wildman–Crippen LogP) is 0.644. The largest absolute Gasteiger partial charge is 0.305 e. The van der Waals surface area contributed by atoms with E-state index >= 15 is 0 Å². The zero-order chi connectivity index (χ0) is 14.1. The van der Waals surface area contributed by atoms with Crippen molar-refractivity contribution < 1.29 is 0 Å². The minimum atomic E-state index is 0.747. The second-order valence-corrected chi connectivity index (χ2v) is 6.59. The Kier molecular flexibility index (Phi) is 4.03. The van der Waals surface area contributed by atoms with Crippen molar-refractivity contribution >= 4 is 0 Å². The molecule has 20 heavy (non-hydrogen) atoms. The van der Waals surface area contributed by atoms with E-state index in [-0.39, 0.29) is 0 Å². The number of hydrogen-bond acceptors (Lipinski definition) is 5. The molecule has 0 N–H and O–H groups in total. The summed E-state index contributed by atoms with van der Waals surface area (Å²) in [5.41, 5.74) is 0. The summed E-state index contributed by atoms with van der Waals surface area (Å²) in [4.78, 5) is 5.06. The van der Waals surface area contributed by atoms with Crippen LogP contribution >= 0.6 is 0 Å². The van der Waals surface area contributed by atoms with Crippen LogP contribution in [0.3, 0.4) is 0 Å². The molecule has 1 aromatic heterocycles. The van der Waals surface area contributed by atoms with Gasteiger partial charge in [0.1, 0.15) is 5.82 Å². The van der Waals surface area contributed by atoms with Gasteiger partial charge in [0.15, 0.2) is 0 Å². The van der Waals surface area contributed by atoms with Gasteiger partial charge in [-0.15, -0.1) is 5.10 Å². The maximum absolute atomic E-state index is 4.01. The van der Waals surface area contributed by atoms with Crippen LogP contribution in [-0.2, 0) is 6.54 Å². The first-order valence-electron chi connectivity index (χ1n) is 7.76. The predicted molar refractivity (Wildman–Crippen MR) is 77.3 cm³/mol. The lowest BCUT2D eigenvalue weighted by molar-refractivity contribution is 0.233. The number of aryl methyl sites for hydroxylation is 2. The van der Waals surface area contributed by atoms with Crippen LogP contribution in [0.15, 0.2) is 0 Å². The van der Waals surface area contributed by atoms with Gasteiger partial charge >= 0.3 is 0 Å². The normalized spacial score (nSPS) is 27.6. The van der Waals surface area contributed by atoms with Crippen molar-refractivity contribution in [1.82, 2.24) is 30.0 Å². The van der Waals surface area contributed by atoms with Crippen molar-refractivity contribution in [1.29, 1.82) is 0 Å². The number of hydrogen-bond donors (Lipinski definition) is 0. The van der Waals surface area contributed by atoms with E-state index in [4.69, 9.17) is 0 Å². The highest BCUT2D eigenvalue weighted by molar-refractivity contribution is 4.96. The van der Waals surface area contributed by atoms with E-state index in [2.05, 4.69) is 39.4 Å². The molecule has 6 nitrogen and oxygen atoms in total. The molecule has 2 unspecified atom stereocenters. The van der Waals surface area contributed by atoms with Crippen molar-refractivity contribution in [2.75, 3.05) is 33.7 Å². The zero-order valence-corrected chi connectivity index (χ0v) is 12.9. The first-order valence-corrected chi connectivity index (χ1v) is 7.76. The molecule has 3 rings (SSSR count). The van der Waals surface area contributed by atoms with Crippen molar-refractivity contribution in [3.63, 3.8) is 0 Å². The number of tetrazole rings is 1. The molecular formula is C14H26N6. The summed E-state index contributed by atoms with van der Waals surface area (Å²) in [6.45, 7) is 6.55. The van der Waals surface area contributed by atoms with Crippen molar-refractivity contribution in [3.05, 3.63) is 5.82 Å². The molecule has 0 amide bonds. The average Bonchev–Trinajstić information content (AvgIpc) is 3.04. The molecule has 0 radical (unpaired) electrons. The Labute approximate surface area is 121 Å². The fourth-order valence-electron chi connectivity index (χ4n) is 3.51. The molecule has 2 atom stereocenters. The lowest BCUT2D eigenvalue weighted by Crippen LogP contribution is -2.36. The van der Waals surface area contributed by atoms with E-state index in [0.29, 0.717) is 0 Å². The Balaban J connectivity index is 1.48. The molecule has 2 fully saturated rings. The summed E-state index contributed by atoms with van der Waals surface area (Å²) in [7, 11) is 4.46. The summed E-state index contributed by atoms with van der Waals surface area (Å²) < 4.78 is 1.90. The highest BCUT2D eigenvalue weighted by Gasteiger charge is 2.42. The molecule has 112 valence electrons. The summed E-state index contributed by atoms with van der Waals surface area (Å²) in [6, 6.07) is 0.747. The van der Waals surface area contributed by atoms with Gasteiger partial charge in [-0.2, -0.15) is 0 Å². The fraction of sp³-hybridized carbons (Fsp3) is 0.929. The molecule has 1 saturated carbocycles. The molecular weight excluding hydrogens is 252 g/mol. The fourth-order valence-corrected chi connectivity index (χ4v) is 3.51. The monoisotopic (exact) mass is 278 g/mol. The van der Waals surface area contributed by atoms with E-state index in [0.717, 1.165) is 43.2 Å². The van der Waals surface area contributed by atoms with Crippen molar-refractivity contribution in [3.8, 4) is 0 Å². The highest BCUT2D eigenvalue weighted by atomic mass is 15.5. The second-order valence-electron chi connectivity index (χ2n) is 6.59. The van der Waals surface area contributed by atoms with Gasteiger partial charge in [-0.1, -0.05) is 0 Å². The van der Waals surface area contributed by atoms with Gasteiger partial charge in [0.2, 0.25) is 0 Å². The van der Waals surface area contributed by atoms with Gasteiger partial charge in [0.05, 0.1) is 0 Å². The third kappa shape index (κ3) is 3.01. The maximum atomic E-state index is 4.01. The van der Waals surface area contributed by atoms with Gasteiger partial charge in [-0.25, -0.2) is 4.68 Å². The van der Waals surface area contributed by atoms with Crippen LogP contribution in [0.1, 0.15) is 25.1 Å². The van der Waals surface area contributed by atoms with E-state index in [9.17, 15) is 0 Å². The molecule has 1 aliphatic carbocycles. The van der Waals surface area contributed by atoms with Gasteiger partial charge in [0, 0.05) is 25.7 Å². The van der Waals surface area contributed by atoms with E-state index in [1.54, 1.807) is 0 Å². The van der Waals surface area contributed by atoms with Gasteiger partial charge in [0.25, 0.3) is 0 Å². The Morgan fingerprint density at radius 2 is 2.00 bits per heavy atom. The maximum Gasteiger partial charge on any atom is 0.148 e. The lowest BCUT2D eigenvalue weighted by Gasteiger charge is -2.25. The van der Waals surface area contributed by atoms with Gasteiger partial charge in [-0.3, -0.25) is 0 Å². The zero-order valence-electron chi connectivity index (χ0n) is 12.9. The molecule has 2 heterocycles. The Bertz CT molecular complexity index is 429. The molecule has 1 aliphatic heterocycles. The Morgan fingerprint density at radius 3 is 2.60 bits per heavy atom. The molecule has 1 aromatic rings. The van der Waals surface area contributed by atoms with Crippen LogP contribution in [0.2, 0.25) is 0 Å². The van der Waals surface area contributed by atoms with E-state index < -0.39 is 0 Å². The van der Waals surface area contributed by atoms with Crippen LogP contribution in [0.4, 0.5) is 0 Å². The summed E-state index contributed by atoms with van der Waals surface area (Å²) in [6.07, 6.45) is 4.03.